The van der Waals surface area contributed by atoms with E-state index in [0.717, 1.165) is 12.8 Å². The summed E-state index contributed by atoms with van der Waals surface area (Å²) in [6.45, 7) is 6.25. The van der Waals surface area contributed by atoms with Crippen molar-refractivity contribution in [3.05, 3.63) is 12.7 Å². The molecular formula is C12H25N3O3S. The normalized spacial score (nSPS) is 21.7. The first-order valence-corrected chi connectivity index (χ1v) is 8.01. The van der Waals surface area contributed by atoms with Crippen LogP contribution < -0.4 is 5.73 Å². The molecule has 0 saturated carbocycles. The van der Waals surface area contributed by atoms with Crippen LogP contribution in [-0.2, 0) is 14.9 Å². The van der Waals surface area contributed by atoms with Crippen LogP contribution in [0.2, 0.25) is 0 Å². The van der Waals surface area contributed by atoms with Gasteiger partial charge in [0, 0.05) is 33.3 Å². The van der Waals surface area contributed by atoms with Crippen LogP contribution in [0.1, 0.15) is 12.8 Å². The molecule has 1 saturated heterocycles. The van der Waals surface area contributed by atoms with E-state index in [1.54, 1.807) is 13.2 Å². The van der Waals surface area contributed by atoms with Gasteiger partial charge in [0.1, 0.15) is 0 Å². The summed E-state index contributed by atoms with van der Waals surface area (Å²) in [5.74, 6) is 0.261. The van der Waals surface area contributed by atoms with Gasteiger partial charge in [-0.05, 0) is 25.3 Å². The average molecular weight is 291 g/mol. The molecule has 1 aliphatic rings. The molecule has 0 aliphatic carbocycles. The summed E-state index contributed by atoms with van der Waals surface area (Å²) in [6.07, 6.45) is 3.47. The molecule has 0 bridgehead atoms. The standard InChI is InChI=1S/C12H25N3O3S/c1-3-6-14(8-9-18-2)19(16,17)15-7-4-5-12(10-13)11-15/h3,12H,1,4-11,13H2,2H3. The van der Waals surface area contributed by atoms with Gasteiger partial charge in [-0.3, -0.25) is 0 Å². The van der Waals surface area contributed by atoms with Crippen molar-refractivity contribution in [2.24, 2.45) is 11.7 Å². The number of nitrogens with two attached hydrogens (primary N) is 1. The van der Waals surface area contributed by atoms with Crippen LogP contribution in [0.15, 0.2) is 12.7 Å². The minimum absolute atomic E-state index is 0.261. The first-order chi connectivity index (χ1) is 9.06. The van der Waals surface area contributed by atoms with Crippen LogP contribution in [0, 0.1) is 5.92 Å². The average Bonchev–Trinajstić information content (AvgIpc) is 2.43. The summed E-state index contributed by atoms with van der Waals surface area (Å²) in [6, 6.07) is 0. The van der Waals surface area contributed by atoms with Gasteiger partial charge in [-0.2, -0.15) is 17.0 Å². The van der Waals surface area contributed by atoms with Crippen molar-refractivity contribution in [2.75, 3.05) is 46.4 Å². The molecule has 1 aliphatic heterocycles. The van der Waals surface area contributed by atoms with Crippen LogP contribution >= 0.6 is 0 Å². The smallest absolute Gasteiger partial charge is 0.282 e. The number of hydrogen-bond donors (Lipinski definition) is 1. The second-order valence-corrected chi connectivity index (χ2v) is 6.68. The van der Waals surface area contributed by atoms with Gasteiger partial charge in [-0.1, -0.05) is 6.08 Å². The number of piperidine rings is 1. The molecule has 0 radical (unpaired) electrons. The van der Waals surface area contributed by atoms with Crippen molar-refractivity contribution < 1.29 is 13.2 Å². The predicted octanol–water partition coefficient (Wildman–Crippen LogP) is 0.0363. The van der Waals surface area contributed by atoms with Crippen molar-refractivity contribution in [1.29, 1.82) is 0 Å². The zero-order valence-electron chi connectivity index (χ0n) is 11.6. The topological polar surface area (TPSA) is 75.9 Å². The summed E-state index contributed by atoms with van der Waals surface area (Å²) in [4.78, 5) is 0. The molecule has 7 heteroatoms. The van der Waals surface area contributed by atoms with Gasteiger partial charge < -0.3 is 10.5 Å². The third-order valence-electron chi connectivity index (χ3n) is 3.35. The Kier molecular flexibility index (Phi) is 6.95. The van der Waals surface area contributed by atoms with E-state index in [2.05, 4.69) is 6.58 Å². The number of methoxy groups -OCH3 is 1. The molecule has 0 aromatic heterocycles. The lowest BCUT2D eigenvalue weighted by Gasteiger charge is -2.34. The Balaban J connectivity index is 2.76. The van der Waals surface area contributed by atoms with Gasteiger partial charge in [0.2, 0.25) is 0 Å². The number of nitrogens with zero attached hydrogens (tertiary/aromatic N) is 2. The minimum atomic E-state index is -3.44. The Hall–Kier alpha value is -0.470. The third-order valence-corrected chi connectivity index (χ3v) is 5.31. The van der Waals surface area contributed by atoms with E-state index >= 15 is 0 Å². The molecule has 2 N–H and O–H groups in total. The zero-order valence-corrected chi connectivity index (χ0v) is 12.4. The van der Waals surface area contributed by atoms with Crippen LogP contribution in [-0.4, -0.2) is 63.5 Å². The molecule has 0 aromatic rings. The maximum absolute atomic E-state index is 12.6. The fourth-order valence-corrected chi connectivity index (χ4v) is 3.91. The van der Waals surface area contributed by atoms with E-state index in [4.69, 9.17) is 10.5 Å². The SMILES string of the molecule is C=CCN(CCOC)S(=O)(=O)N1CCCC(CN)C1. The quantitative estimate of drug-likeness (QED) is 0.641. The number of rotatable bonds is 8. The van der Waals surface area contributed by atoms with Crippen LogP contribution in [0.3, 0.4) is 0 Å². The number of ether oxygens (including phenoxy) is 1. The summed E-state index contributed by atoms with van der Waals surface area (Å²) >= 11 is 0. The second kappa shape index (κ2) is 7.96. The molecule has 1 fully saturated rings. The molecule has 1 atom stereocenters. The molecular weight excluding hydrogens is 266 g/mol. The molecule has 6 nitrogen and oxygen atoms in total. The van der Waals surface area contributed by atoms with Crippen molar-refractivity contribution in [2.45, 2.75) is 12.8 Å². The van der Waals surface area contributed by atoms with Gasteiger partial charge in [0.05, 0.1) is 6.61 Å². The van der Waals surface area contributed by atoms with Crippen molar-refractivity contribution in [1.82, 2.24) is 8.61 Å². The summed E-state index contributed by atoms with van der Waals surface area (Å²) in [7, 11) is -1.88. The highest BCUT2D eigenvalue weighted by molar-refractivity contribution is 7.86. The fraction of sp³-hybridized carbons (Fsp3) is 0.833. The molecule has 19 heavy (non-hydrogen) atoms. The highest BCUT2D eigenvalue weighted by Crippen LogP contribution is 2.20. The van der Waals surface area contributed by atoms with E-state index in [0.29, 0.717) is 39.3 Å². The largest absolute Gasteiger partial charge is 0.383 e. The Morgan fingerprint density at radius 1 is 1.58 bits per heavy atom. The Bertz CT molecular complexity index is 372. The Labute approximate surface area is 116 Å². The first-order valence-electron chi connectivity index (χ1n) is 6.61. The highest BCUT2D eigenvalue weighted by atomic mass is 32.2. The molecule has 1 unspecified atom stereocenters. The van der Waals surface area contributed by atoms with Gasteiger partial charge in [-0.15, -0.1) is 6.58 Å². The van der Waals surface area contributed by atoms with Crippen molar-refractivity contribution >= 4 is 10.2 Å². The number of hydrogen-bond acceptors (Lipinski definition) is 4. The third kappa shape index (κ3) is 4.54. The Morgan fingerprint density at radius 2 is 2.32 bits per heavy atom. The lowest BCUT2D eigenvalue weighted by atomic mass is 10.0. The summed E-state index contributed by atoms with van der Waals surface area (Å²) < 4.78 is 33.0. The summed E-state index contributed by atoms with van der Waals surface area (Å²) in [5, 5.41) is 0. The highest BCUT2D eigenvalue weighted by Gasteiger charge is 2.32. The molecule has 112 valence electrons. The van der Waals surface area contributed by atoms with Gasteiger partial charge in [0.15, 0.2) is 0 Å². The Morgan fingerprint density at radius 3 is 2.89 bits per heavy atom. The monoisotopic (exact) mass is 291 g/mol. The van der Waals surface area contributed by atoms with Crippen LogP contribution in [0.4, 0.5) is 0 Å². The second-order valence-electron chi connectivity index (χ2n) is 4.75. The maximum atomic E-state index is 12.6. The molecule has 0 amide bonds. The van der Waals surface area contributed by atoms with E-state index in [1.165, 1.54) is 8.61 Å². The van der Waals surface area contributed by atoms with Gasteiger partial charge >= 0.3 is 0 Å². The minimum Gasteiger partial charge on any atom is -0.383 e. The zero-order chi connectivity index (χ0) is 14.3. The van der Waals surface area contributed by atoms with E-state index < -0.39 is 10.2 Å². The lowest BCUT2D eigenvalue weighted by molar-refractivity contribution is 0.176. The fourth-order valence-electron chi connectivity index (χ4n) is 2.23. The van der Waals surface area contributed by atoms with Crippen LogP contribution in [0.5, 0.6) is 0 Å². The first kappa shape index (κ1) is 16.6. The molecule has 1 heterocycles. The molecule has 1 rings (SSSR count). The lowest BCUT2D eigenvalue weighted by Crippen LogP contribution is -2.49. The molecule has 0 spiro atoms. The van der Waals surface area contributed by atoms with Gasteiger partial charge in [-0.25, -0.2) is 0 Å². The van der Waals surface area contributed by atoms with Gasteiger partial charge in [0.25, 0.3) is 10.2 Å². The molecule has 0 aromatic carbocycles. The maximum Gasteiger partial charge on any atom is 0.282 e. The predicted molar refractivity (Wildman–Crippen MR) is 75.9 cm³/mol. The van der Waals surface area contributed by atoms with Crippen molar-refractivity contribution in [3.63, 3.8) is 0 Å². The van der Waals surface area contributed by atoms with Crippen molar-refractivity contribution in [3.8, 4) is 0 Å². The van der Waals surface area contributed by atoms with Crippen LogP contribution in [0.25, 0.3) is 0 Å². The van der Waals surface area contributed by atoms with E-state index in [9.17, 15) is 8.42 Å². The van der Waals surface area contributed by atoms with E-state index in [1.807, 2.05) is 0 Å². The summed E-state index contributed by atoms with van der Waals surface area (Å²) in [5.41, 5.74) is 5.65. The van der Waals surface area contributed by atoms with E-state index in [-0.39, 0.29) is 5.92 Å².